The first-order chi connectivity index (χ1) is 20.1. The molecule has 224 valence electrons. The predicted octanol–water partition coefficient (Wildman–Crippen LogP) is 1.43. The van der Waals surface area contributed by atoms with Crippen LogP contribution < -0.4 is 22.5 Å². The van der Waals surface area contributed by atoms with Crippen LogP contribution in [0.15, 0.2) is 24.3 Å². The predicted molar refractivity (Wildman–Crippen MR) is 155 cm³/mol. The number of nitrogens with one attached hydrogen (secondary N) is 1. The minimum atomic E-state index is -0.936. The summed E-state index contributed by atoms with van der Waals surface area (Å²) < 4.78 is 0. The molecule has 0 unspecified atom stereocenters. The minimum absolute atomic E-state index is 0.0722. The van der Waals surface area contributed by atoms with Crippen molar-refractivity contribution in [1.29, 1.82) is 0 Å². The third kappa shape index (κ3) is 5.90. The zero-order valence-corrected chi connectivity index (χ0v) is 23.8. The van der Waals surface area contributed by atoms with Gasteiger partial charge in [0, 0.05) is 46.1 Å². The van der Waals surface area contributed by atoms with Gasteiger partial charge in [-0.1, -0.05) is 19.8 Å². The van der Waals surface area contributed by atoms with Crippen molar-refractivity contribution in [2.75, 3.05) is 19.6 Å². The molecule has 2 atom stereocenters. The Kier molecular flexibility index (Phi) is 9.69. The third-order valence-electron chi connectivity index (χ3n) is 7.89. The summed E-state index contributed by atoms with van der Waals surface area (Å²) in [4.78, 5) is 79.9. The molecule has 12 nitrogen and oxygen atoms in total. The molecule has 7 N–H and O–H groups in total. The number of hydrogen-bond donors (Lipinski definition) is 4. The molecule has 2 aliphatic heterocycles. The Morgan fingerprint density at radius 3 is 1.62 bits per heavy atom. The van der Waals surface area contributed by atoms with E-state index in [0.717, 1.165) is 17.7 Å². The lowest BCUT2D eigenvalue weighted by molar-refractivity contribution is -0.128. The molecular formula is C30H38N6O6. The monoisotopic (exact) mass is 578 g/mol. The fraction of sp³-hybridized carbons (Fsp3) is 0.467. The van der Waals surface area contributed by atoms with E-state index in [0.29, 0.717) is 67.1 Å². The Hall–Kier alpha value is -4.16. The number of hydrogen-bond acceptors (Lipinski definition) is 8. The number of primary amides is 1. The second-order valence-electron chi connectivity index (χ2n) is 10.8. The largest absolute Gasteiger partial charge is 0.368 e. The number of nitrogens with zero attached hydrogens (tertiary/aromatic N) is 2. The number of carbonyl (C=O) groups excluding carboxylic acids is 6. The summed E-state index contributed by atoms with van der Waals surface area (Å²) in [7, 11) is 0. The molecule has 0 saturated carbocycles. The molecule has 2 aliphatic rings. The van der Waals surface area contributed by atoms with Gasteiger partial charge in [0.15, 0.2) is 0 Å². The van der Waals surface area contributed by atoms with E-state index in [4.69, 9.17) is 17.2 Å². The number of amides is 6. The van der Waals surface area contributed by atoms with Gasteiger partial charge in [-0.2, -0.15) is 0 Å². The van der Waals surface area contributed by atoms with Crippen molar-refractivity contribution in [1.82, 2.24) is 15.1 Å². The van der Waals surface area contributed by atoms with Crippen molar-refractivity contribution in [3.63, 3.8) is 0 Å². The van der Waals surface area contributed by atoms with Crippen molar-refractivity contribution in [2.45, 2.75) is 70.4 Å². The molecule has 2 aromatic carbocycles. The van der Waals surface area contributed by atoms with Gasteiger partial charge >= 0.3 is 0 Å². The normalized spacial score (nSPS) is 15.8. The zero-order valence-electron chi connectivity index (χ0n) is 23.8. The van der Waals surface area contributed by atoms with Crippen LogP contribution in [0.3, 0.4) is 0 Å². The molecule has 12 heteroatoms. The molecule has 0 aromatic heterocycles. The van der Waals surface area contributed by atoms with Gasteiger partial charge in [0.25, 0.3) is 23.6 Å². The summed E-state index contributed by atoms with van der Waals surface area (Å²) in [5, 5.41) is 3.26. The maximum Gasteiger partial charge on any atom is 0.261 e. The first kappa shape index (κ1) is 30.8. The van der Waals surface area contributed by atoms with E-state index in [1.54, 1.807) is 12.1 Å². The zero-order chi connectivity index (χ0) is 30.6. The van der Waals surface area contributed by atoms with Crippen LogP contribution in [-0.2, 0) is 9.59 Å². The lowest BCUT2D eigenvalue weighted by Gasteiger charge is -2.32. The highest BCUT2D eigenvalue weighted by Gasteiger charge is 2.39. The third-order valence-corrected chi connectivity index (χ3v) is 7.89. The number of nitrogens with two attached hydrogens (primary N) is 3. The van der Waals surface area contributed by atoms with E-state index in [9.17, 15) is 28.8 Å². The highest BCUT2D eigenvalue weighted by atomic mass is 16.2. The molecule has 0 spiro atoms. The van der Waals surface area contributed by atoms with E-state index in [2.05, 4.69) is 5.32 Å². The molecule has 0 saturated heterocycles. The Labute approximate surface area is 243 Å². The second-order valence-corrected chi connectivity index (χ2v) is 10.8. The first-order valence-corrected chi connectivity index (χ1v) is 14.5. The summed E-state index contributed by atoms with van der Waals surface area (Å²) in [6.07, 6.45) is 4.32. The molecule has 0 radical (unpaired) electrons. The van der Waals surface area contributed by atoms with E-state index in [1.165, 1.54) is 17.0 Å². The molecule has 2 heterocycles. The quantitative estimate of drug-likeness (QED) is 0.180. The number of benzene rings is 2. The van der Waals surface area contributed by atoms with Crippen LogP contribution in [0.25, 0.3) is 10.8 Å². The van der Waals surface area contributed by atoms with E-state index < -0.39 is 47.5 Å². The van der Waals surface area contributed by atoms with Gasteiger partial charge in [0.2, 0.25) is 11.8 Å². The van der Waals surface area contributed by atoms with Gasteiger partial charge in [0.1, 0.15) is 6.04 Å². The van der Waals surface area contributed by atoms with E-state index in [-0.39, 0.29) is 24.1 Å². The molecule has 0 fully saturated rings. The van der Waals surface area contributed by atoms with Crippen LogP contribution in [-0.4, -0.2) is 77.0 Å². The Morgan fingerprint density at radius 2 is 1.19 bits per heavy atom. The second kappa shape index (κ2) is 13.2. The van der Waals surface area contributed by atoms with Crippen LogP contribution in [0.2, 0.25) is 0 Å². The van der Waals surface area contributed by atoms with Crippen molar-refractivity contribution >= 4 is 46.2 Å². The number of unbranched alkanes of at least 4 members (excludes halogenated alkanes) is 3. The maximum atomic E-state index is 13.4. The topological polar surface area (TPSA) is 199 Å². The average Bonchev–Trinajstić information content (AvgIpc) is 2.97. The Balaban J connectivity index is 1.44. The van der Waals surface area contributed by atoms with Crippen molar-refractivity contribution in [3.05, 3.63) is 46.5 Å². The van der Waals surface area contributed by atoms with Crippen LogP contribution >= 0.6 is 0 Å². The van der Waals surface area contributed by atoms with Crippen molar-refractivity contribution in [2.24, 2.45) is 17.2 Å². The van der Waals surface area contributed by atoms with Gasteiger partial charge in [-0.3, -0.25) is 38.6 Å². The Morgan fingerprint density at radius 1 is 0.738 bits per heavy atom. The lowest BCUT2D eigenvalue weighted by Crippen LogP contribution is -2.50. The van der Waals surface area contributed by atoms with Crippen LogP contribution in [0, 0.1) is 0 Å². The summed E-state index contributed by atoms with van der Waals surface area (Å²) in [6.45, 7) is 2.84. The fourth-order valence-electron chi connectivity index (χ4n) is 5.52. The molecule has 0 aliphatic carbocycles. The van der Waals surface area contributed by atoms with Gasteiger partial charge in [0.05, 0.1) is 6.04 Å². The first-order valence-electron chi connectivity index (χ1n) is 14.5. The molecule has 6 amide bonds. The molecule has 0 bridgehead atoms. The number of carbonyl (C=O) groups is 6. The van der Waals surface area contributed by atoms with Crippen molar-refractivity contribution < 1.29 is 28.8 Å². The fourth-order valence-corrected chi connectivity index (χ4v) is 5.52. The van der Waals surface area contributed by atoms with Crippen molar-refractivity contribution in [3.8, 4) is 0 Å². The van der Waals surface area contributed by atoms with Crippen LogP contribution in [0.1, 0.15) is 99.7 Å². The average molecular weight is 579 g/mol. The smallest absolute Gasteiger partial charge is 0.261 e. The van der Waals surface area contributed by atoms with Gasteiger partial charge in [-0.05, 0) is 69.3 Å². The minimum Gasteiger partial charge on any atom is -0.368 e. The van der Waals surface area contributed by atoms with Crippen LogP contribution in [0.5, 0.6) is 0 Å². The van der Waals surface area contributed by atoms with Gasteiger partial charge in [-0.25, -0.2) is 0 Å². The van der Waals surface area contributed by atoms with Gasteiger partial charge < -0.3 is 22.5 Å². The number of rotatable bonds is 15. The summed E-state index contributed by atoms with van der Waals surface area (Å²) in [6, 6.07) is 4.45. The summed E-state index contributed by atoms with van der Waals surface area (Å²) in [5.74, 6) is -3.08. The molecule has 42 heavy (non-hydrogen) atoms. The van der Waals surface area contributed by atoms with Gasteiger partial charge in [-0.15, -0.1) is 0 Å². The SMILES string of the molecule is CCCCN1C(=O)c2ccc3c4c(ccc(c24)C1=O)C(=O)N(CCCC[C@H](NC(=O)[C@@H](N)CCCCN)C(N)=O)C3=O. The highest BCUT2D eigenvalue weighted by Crippen LogP contribution is 2.38. The van der Waals surface area contributed by atoms with E-state index >= 15 is 0 Å². The standard InChI is InChI=1S/C30H38N6O6/c1-2-3-15-35-27(39)17-10-12-19-24-20(13-11-18(23(17)24)28(35)40)30(42)36(29(19)41)16-7-5-9-22(25(33)37)34-26(38)21(32)8-4-6-14-31/h10-13,21-22H,2-9,14-16,31-32H2,1H3,(H2,33,37)(H,34,38)/t21-,22-/m0/s1. The van der Waals surface area contributed by atoms with Crippen LogP contribution in [0.4, 0.5) is 0 Å². The lowest BCUT2D eigenvalue weighted by atomic mass is 9.86. The molecular weight excluding hydrogens is 540 g/mol. The van der Waals surface area contributed by atoms with E-state index in [1.807, 2.05) is 6.92 Å². The number of imide groups is 2. The summed E-state index contributed by atoms with van der Waals surface area (Å²) in [5.41, 5.74) is 18.0. The summed E-state index contributed by atoms with van der Waals surface area (Å²) >= 11 is 0. The Bertz CT molecular complexity index is 1370. The molecule has 4 rings (SSSR count). The highest BCUT2D eigenvalue weighted by molar-refractivity contribution is 6.33. The molecule has 2 aromatic rings. The maximum absolute atomic E-state index is 13.4.